The molecule has 1 unspecified atom stereocenters. The molecule has 26 heavy (non-hydrogen) atoms. The highest BCUT2D eigenvalue weighted by atomic mass is 32.2. The van der Waals surface area contributed by atoms with Crippen molar-refractivity contribution in [2.45, 2.75) is 32.1 Å². The van der Waals surface area contributed by atoms with Gasteiger partial charge in [-0.2, -0.15) is 0 Å². The van der Waals surface area contributed by atoms with Gasteiger partial charge in [0.1, 0.15) is 12.0 Å². The summed E-state index contributed by atoms with van der Waals surface area (Å²) in [5, 5.41) is 0. The van der Waals surface area contributed by atoms with E-state index < -0.39 is 0 Å². The van der Waals surface area contributed by atoms with E-state index in [2.05, 4.69) is 50.4 Å². The predicted molar refractivity (Wildman–Crippen MR) is 113 cm³/mol. The molecule has 2 aromatic carbocycles. The maximum Gasteiger partial charge on any atom is 0.221 e. The van der Waals surface area contributed by atoms with Gasteiger partial charge in [0.15, 0.2) is 0 Å². The highest BCUT2D eigenvalue weighted by molar-refractivity contribution is 7.97. The van der Waals surface area contributed by atoms with Gasteiger partial charge in [0, 0.05) is 43.8 Å². The summed E-state index contributed by atoms with van der Waals surface area (Å²) in [4.78, 5) is 9.60. The van der Waals surface area contributed by atoms with E-state index in [1.165, 1.54) is 5.56 Å². The number of aryl methyl sites for hydroxylation is 2. The molecular formula is C22H27N2OS+. The van der Waals surface area contributed by atoms with E-state index in [0.717, 1.165) is 40.2 Å². The van der Waals surface area contributed by atoms with Crippen molar-refractivity contribution >= 4 is 21.9 Å². The first kappa shape index (κ1) is 18.9. The molecule has 3 rings (SSSR count). The van der Waals surface area contributed by atoms with E-state index in [0.29, 0.717) is 0 Å². The zero-order valence-electron chi connectivity index (χ0n) is 16.2. The number of aromatic nitrogens is 2. The number of nitrogens with zero attached hydrogens (tertiary/aromatic N) is 2. The van der Waals surface area contributed by atoms with Crippen molar-refractivity contribution in [2.24, 2.45) is 0 Å². The van der Waals surface area contributed by atoms with Crippen LogP contribution >= 0.6 is 0 Å². The summed E-state index contributed by atoms with van der Waals surface area (Å²) in [6, 6.07) is 16.7. The number of benzene rings is 2. The van der Waals surface area contributed by atoms with Gasteiger partial charge in [0.25, 0.3) is 0 Å². The van der Waals surface area contributed by atoms with Gasteiger partial charge in [0.2, 0.25) is 4.93 Å². The summed E-state index contributed by atoms with van der Waals surface area (Å²) in [5.41, 5.74) is 6.28. The lowest BCUT2D eigenvalue weighted by atomic mass is 10.1. The summed E-state index contributed by atoms with van der Waals surface area (Å²) in [6.45, 7) is 6.36. The Morgan fingerprint density at radius 2 is 1.73 bits per heavy atom. The molecule has 3 nitrogen and oxygen atoms in total. The molecule has 0 radical (unpaired) electrons. The molecule has 1 heterocycles. The Morgan fingerprint density at radius 3 is 2.42 bits per heavy atom. The Balaban J connectivity index is 1.84. The average molecular weight is 368 g/mol. The van der Waals surface area contributed by atoms with E-state index in [1.54, 1.807) is 7.11 Å². The molecule has 1 aromatic heterocycles. The van der Waals surface area contributed by atoms with Crippen molar-refractivity contribution < 1.29 is 4.74 Å². The number of hydrogen-bond donors (Lipinski definition) is 0. The number of methoxy groups -OCH3 is 1. The molecule has 0 N–H and O–H groups in total. The second-order valence-corrected chi connectivity index (χ2v) is 9.71. The van der Waals surface area contributed by atoms with Crippen molar-refractivity contribution in [1.29, 1.82) is 0 Å². The molecule has 0 saturated carbocycles. The molecule has 0 fully saturated rings. The Kier molecular flexibility index (Phi) is 5.64. The van der Waals surface area contributed by atoms with E-state index in [1.807, 2.05) is 25.1 Å². The molecule has 3 aromatic rings. The fourth-order valence-electron chi connectivity index (χ4n) is 2.87. The molecule has 4 heteroatoms. The van der Waals surface area contributed by atoms with Crippen LogP contribution in [0.4, 0.5) is 0 Å². The maximum atomic E-state index is 5.62. The van der Waals surface area contributed by atoms with Crippen LogP contribution in [-0.2, 0) is 22.1 Å². The lowest BCUT2D eigenvalue weighted by Crippen LogP contribution is -2.35. The van der Waals surface area contributed by atoms with Gasteiger partial charge < -0.3 is 4.74 Å². The van der Waals surface area contributed by atoms with Gasteiger partial charge in [0.05, 0.1) is 22.4 Å². The second-order valence-electron chi connectivity index (χ2n) is 7.04. The fraction of sp³-hybridized carbons (Fsp3) is 0.364. The molecular weight excluding hydrogens is 340 g/mol. The molecule has 0 spiro atoms. The Labute approximate surface area is 159 Å². The van der Waals surface area contributed by atoms with Crippen LogP contribution in [0.5, 0.6) is 0 Å². The quantitative estimate of drug-likeness (QED) is 0.588. The number of ether oxygens (including phenoxy) is 1. The normalized spacial score (nSPS) is 13.1. The molecule has 0 bridgehead atoms. The summed E-state index contributed by atoms with van der Waals surface area (Å²) < 4.78 is 5.62. The molecule has 0 aliphatic carbocycles. The standard InChI is InChI=1S/C22H27N2OS/c1-16-21(18-9-7-6-8-10-18)24-19-12-11-17(15-20(19)23-16)13-14-26(5)22(2,3)25-4/h6-12,15H,13-14H2,1-5H3/q+1. The number of hydrogen-bond acceptors (Lipinski definition) is 3. The van der Waals surface area contributed by atoms with E-state index in [4.69, 9.17) is 14.7 Å². The number of rotatable bonds is 6. The summed E-state index contributed by atoms with van der Waals surface area (Å²) in [6.07, 6.45) is 3.31. The van der Waals surface area contributed by atoms with Crippen LogP contribution in [0.2, 0.25) is 0 Å². The summed E-state index contributed by atoms with van der Waals surface area (Å²) >= 11 is 0. The molecule has 0 amide bonds. The van der Waals surface area contributed by atoms with Crippen molar-refractivity contribution in [3.63, 3.8) is 0 Å². The molecule has 0 aliphatic rings. The van der Waals surface area contributed by atoms with Gasteiger partial charge in [-0.05, 0) is 24.6 Å². The van der Waals surface area contributed by atoms with Crippen LogP contribution in [0.15, 0.2) is 48.5 Å². The highest BCUT2D eigenvalue weighted by Crippen LogP contribution is 2.24. The Hall–Kier alpha value is -1.91. The molecule has 0 aliphatic heterocycles. The zero-order chi connectivity index (χ0) is 18.7. The number of fused-ring (bicyclic) bond motifs is 1. The third-order valence-corrected chi connectivity index (χ3v) is 7.64. The smallest absolute Gasteiger partial charge is 0.221 e. The maximum absolute atomic E-state index is 5.62. The lowest BCUT2D eigenvalue weighted by molar-refractivity contribution is 0.101. The Morgan fingerprint density at radius 1 is 1.00 bits per heavy atom. The van der Waals surface area contributed by atoms with Crippen LogP contribution < -0.4 is 0 Å². The van der Waals surface area contributed by atoms with E-state index >= 15 is 0 Å². The van der Waals surface area contributed by atoms with Crippen molar-refractivity contribution in [3.8, 4) is 11.3 Å². The van der Waals surface area contributed by atoms with E-state index in [-0.39, 0.29) is 15.8 Å². The van der Waals surface area contributed by atoms with Crippen molar-refractivity contribution in [3.05, 3.63) is 59.8 Å². The second kappa shape index (κ2) is 7.77. The van der Waals surface area contributed by atoms with Crippen LogP contribution in [0, 0.1) is 6.92 Å². The third kappa shape index (κ3) is 4.08. The highest BCUT2D eigenvalue weighted by Gasteiger charge is 2.34. The fourth-order valence-corrected chi connectivity index (χ4v) is 4.19. The minimum absolute atomic E-state index is 0.0716. The SMILES string of the molecule is COC(C)(C)[S+](C)CCc1ccc2nc(-c3ccccc3)c(C)nc2c1. The minimum Gasteiger partial charge on any atom is -0.335 e. The predicted octanol–water partition coefficient (Wildman–Crippen LogP) is 4.78. The molecule has 136 valence electrons. The van der Waals surface area contributed by atoms with Gasteiger partial charge in [-0.15, -0.1) is 0 Å². The monoisotopic (exact) mass is 367 g/mol. The molecule has 1 atom stereocenters. The topological polar surface area (TPSA) is 35.0 Å². The lowest BCUT2D eigenvalue weighted by Gasteiger charge is -2.21. The van der Waals surface area contributed by atoms with Crippen LogP contribution in [0.25, 0.3) is 22.3 Å². The average Bonchev–Trinajstić information content (AvgIpc) is 2.66. The van der Waals surface area contributed by atoms with E-state index in [9.17, 15) is 0 Å². The van der Waals surface area contributed by atoms with Gasteiger partial charge in [-0.1, -0.05) is 36.4 Å². The van der Waals surface area contributed by atoms with Gasteiger partial charge in [-0.3, -0.25) is 0 Å². The van der Waals surface area contributed by atoms with Crippen molar-refractivity contribution in [1.82, 2.24) is 9.97 Å². The third-order valence-electron chi connectivity index (χ3n) is 4.98. The largest absolute Gasteiger partial charge is 0.335 e. The van der Waals surface area contributed by atoms with Gasteiger partial charge in [-0.25, -0.2) is 9.97 Å². The minimum atomic E-state index is -0.0716. The first-order valence-corrected chi connectivity index (χ1v) is 10.7. The first-order chi connectivity index (χ1) is 12.4. The van der Waals surface area contributed by atoms with Crippen LogP contribution in [0.1, 0.15) is 25.1 Å². The van der Waals surface area contributed by atoms with Crippen LogP contribution in [-0.4, -0.2) is 34.0 Å². The van der Waals surface area contributed by atoms with Crippen LogP contribution in [0.3, 0.4) is 0 Å². The first-order valence-electron chi connectivity index (χ1n) is 8.91. The Bertz CT molecular complexity index is 893. The van der Waals surface area contributed by atoms with Crippen molar-refractivity contribution in [2.75, 3.05) is 19.1 Å². The zero-order valence-corrected chi connectivity index (χ0v) is 17.1. The molecule has 0 saturated heterocycles. The summed E-state index contributed by atoms with van der Waals surface area (Å²) in [5.74, 6) is 1.11. The van der Waals surface area contributed by atoms with Gasteiger partial charge >= 0.3 is 0 Å². The summed E-state index contributed by atoms with van der Waals surface area (Å²) in [7, 11) is 1.99.